The highest BCUT2D eigenvalue weighted by Gasteiger charge is 2.24. The highest BCUT2D eigenvalue weighted by atomic mass is 32.2. The number of para-hydroxylation sites is 1. The van der Waals surface area contributed by atoms with Gasteiger partial charge >= 0.3 is 0 Å². The van der Waals surface area contributed by atoms with E-state index in [0.717, 1.165) is 37.1 Å². The minimum atomic E-state index is 0.319. The average molecular weight is 267 g/mol. The summed E-state index contributed by atoms with van der Waals surface area (Å²) in [6.07, 6.45) is 4.51. The van der Waals surface area contributed by atoms with Crippen LogP contribution in [0.5, 0.6) is 5.75 Å². The van der Waals surface area contributed by atoms with Gasteiger partial charge in [0.2, 0.25) is 0 Å². The molecule has 0 heterocycles. The van der Waals surface area contributed by atoms with Gasteiger partial charge in [-0.15, -0.1) is 0 Å². The van der Waals surface area contributed by atoms with Crippen molar-refractivity contribution in [2.75, 3.05) is 12.8 Å². The van der Waals surface area contributed by atoms with Gasteiger partial charge in [0.1, 0.15) is 5.75 Å². The van der Waals surface area contributed by atoms with E-state index in [1.54, 1.807) is 0 Å². The largest absolute Gasteiger partial charge is 0.507 e. The molecule has 2 N–H and O–H groups in total. The summed E-state index contributed by atoms with van der Waals surface area (Å²) in [5, 5.41) is 13.4. The van der Waals surface area contributed by atoms with Gasteiger partial charge in [-0.25, -0.2) is 0 Å². The lowest BCUT2D eigenvalue weighted by molar-refractivity contribution is 0.452. The van der Waals surface area contributed by atoms with Crippen LogP contribution >= 0.6 is 11.8 Å². The number of thioether (sulfide) groups is 1. The molecule has 0 bridgehead atoms. The monoisotopic (exact) mass is 267 g/mol. The average Bonchev–Trinajstić information content (AvgIpc) is 2.40. The van der Waals surface area contributed by atoms with Gasteiger partial charge in [-0.05, 0) is 31.6 Å². The summed E-state index contributed by atoms with van der Waals surface area (Å²) >= 11 is 1.93. The molecule has 0 saturated heterocycles. The molecule has 1 aromatic rings. The Morgan fingerprint density at radius 3 is 2.50 bits per heavy atom. The van der Waals surface area contributed by atoms with Crippen LogP contribution < -0.4 is 5.32 Å². The van der Waals surface area contributed by atoms with Crippen LogP contribution in [-0.2, 0) is 6.54 Å². The second-order valence-corrected chi connectivity index (χ2v) is 6.05. The van der Waals surface area contributed by atoms with Crippen molar-refractivity contribution < 1.29 is 5.11 Å². The Bertz CT molecular complexity index is 366. The molecular formula is C15H25NOS. The van der Waals surface area contributed by atoms with Crippen LogP contribution in [0.3, 0.4) is 0 Å². The smallest absolute Gasteiger partial charge is 0.122 e. The van der Waals surface area contributed by atoms with E-state index in [1.165, 1.54) is 0 Å². The number of aromatic hydroxyl groups is 1. The SMILES string of the molecule is CCC(CC)(CNCc1cccc(C)c1O)SC. The Hall–Kier alpha value is -0.670. The van der Waals surface area contributed by atoms with Gasteiger partial charge in [-0.2, -0.15) is 11.8 Å². The maximum Gasteiger partial charge on any atom is 0.122 e. The lowest BCUT2D eigenvalue weighted by Crippen LogP contribution is -2.36. The van der Waals surface area contributed by atoms with Gasteiger partial charge < -0.3 is 10.4 Å². The van der Waals surface area contributed by atoms with Crippen molar-refractivity contribution in [2.45, 2.75) is 44.9 Å². The summed E-state index contributed by atoms with van der Waals surface area (Å²) in [7, 11) is 0. The Morgan fingerprint density at radius 2 is 1.94 bits per heavy atom. The molecule has 2 nitrogen and oxygen atoms in total. The molecule has 0 unspecified atom stereocenters. The van der Waals surface area contributed by atoms with E-state index < -0.39 is 0 Å². The van der Waals surface area contributed by atoms with Crippen molar-refractivity contribution in [3.8, 4) is 5.75 Å². The number of phenolic OH excluding ortho intramolecular Hbond substituents is 1. The highest BCUT2D eigenvalue weighted by Crippen LogP contribution is 2.30. The van der Waals surface area contributed by atoms with Gasteiger partial charge in [-0.1, -0.05) is 32.0 Å². The summed E-state index contributed by atoms with van der Waals surface area (Å²) < 4.78 is 0.319. The van der Waals surface area contributed by atoms with Crippen LogP contribution in [0, 0.1) is 6.92 Å². The van der Waals surface area contributed by atoms with Crippen molar-refractivity contribution in [2.24, 2.45) is 0 Å². The van der Waals surface area contributed by atoms with E-state index in [2.05, 4.69) is 25.4 Å². The number of hydrogen-bond donors (Lipinski definition) is 2. The molecule has 18 heavy (non-hydrogen) atoms. The van der Waals surface area contributed by atoms with Crippen LogP contribution in [0.2, 0.25) is 0 Å². The molecule has 1 aromatic carbocycles. The zero-order valence-electron chi connectivity index (χ0n) is 11.9. The van der Waals surface area contributed by atoms with E-state index in [1.807, 2.05) is 36.9 Å². The molecule has 0 spiro atoms. The maximum atomic E-state index is 9.95. The molecule has 0 aromatic heterocycles. The summed E-state index contributed by atoms with van der Waals surface area (Å²) in [4.78, 5) is 0. The maximum absolute atomic E-state index is 9.95. The number of aryl methyl sites for hydroxylation is 1. The van der Waals surface area contributed by atoms with Gasteiger partial charge in [0, 0.05) is 23.4 Å². The first-order valence-corrected chi connectivity index (χ1v) is 7.84. The van der Waals surface area contributed by atoms with Crippen molar-refractivity contribution in [1.82, 2.24) is 5.32 Å². The molecule has 0 amide bonds. The van der Waals surface area contributed by atoms with Gasteiger partial charge in [0.25, 0.3) is 0 Å². The number of hydrogen-bond acceptors (Lipinski definition) is 3. The minimum absolute atomic E-state index is 0.319. The standard InChI is InChI=1S/C15H25NOS/c1-5-15(6-2,18-4)11-16-10-13-9-7-8-12(3)14(13)17/h7-9,16-17H,5-6,10-11H2,1-4H3. The molecule has 0 saturated carbocycles. The molecule has 0 aliphatic carbocycles. The Balaban J connectivity index is 2.58. The van der Waals surface area contributed by atoms with Crippen LogP contribution in [0.1, 0.15) is 37.8 Å². The van der Waals surface area contributed by atoms with E-state index in [0.29, 0.717) is 10.5 Å². The van der Waals surface area contributed by atoms with E-state index in [9.17, 15) is 5.11 Å². The molecular weight excluding hydrogens is 242 g/mol. The molecule has 0 radical (unpaired) electrons. The quantitative estimate of drug-likeness (QED) is 0.790. The first-order chi connectivity index (χ1) is 8.58. The molecule has 0 atom stereocenters. The molecule has 0 fully saturated rings. The molecule has 0 aliphatic heterocycles. The Kier molecular flexibility index (Phi) is 6.03. The van der Waals surface area contributed by atoms with Crippen molar-refractivity contribution in [1.29, 1.82) is 0 Å². The zero-order chi connectivity index (χ0) is 13.6. The van der Waals surface area contributed by atoms with E-state index in [-0.39, 0.29) is 0 Å². The zero-order valence-corrected chi connectivity index (χ0v) is 12.7. The van der Waals surface area contributed by atoms with Crippen LogP contribution in [0.25, 0.3) is 0 Å². The summed E-state index contributed by atoms with van der Waals surface area (Å²) in [5.74, 6) is 0.424. The highest BCUT2D eigenvalue weighted by molar-refractivity contribution is 8.00. The van der Waals surface area contributed by atoms with Crippen molar-refractivity contribution >= 4 is 11.8 Å². The van der Waals surface area contributed by atoms with Crippen molar-refractivity contribution in [3.05, 3.63) is 29.3 Å². The molecule has 102 valence electrons. The lowest BCUT2D eigenvalue weighted by atomic mass is 10.0. The number of nitrogens with one attached hydrogen (secondary N) is 1. The summed E-state index contributed by atoms with van der Waals surface area (Å²) in [6.45, 7) is 8.13. The lowest BCUT2D eigenvalue weighted by Gasteiger charge is -2.30. The van der Waals surface area contributed by atoms with Gasteiger partial charge in [0.05, 0.1) is 0 Å². The molecule has 0 aliphatic rings. The second-order valence-electron chi connectivity index (χ2n) is 4.78. The Labute approximate surface area is 115 Å². The topological polar surface area (TPSA) is 32.3 Å². The fourth-order valence-electron chi connectivity index (χ4n) is 2.15. The molecule has 1 rings (SSSR count). The molecule has 3 heteroatoms. The normalized spacial score (nSPS) is 11.8. The first-order valence-electron chi connectivity index (χ1n) is 6.62. The number of phenols is 1. The number of rotatable bonds is 7. The van der Waals surface area contributed by atoms with Gasteiger partial charge in [-0.3, -0.25) is 0 Å². The van der Waals surface area contributed by atoms with Gasteiger partial charge in [0.15, 0.2) is 0 Å². The minimum Gasteiger partial charge on any atom is -0.507 e. The third-order valence-electron chi connectivity index (χ3n) is 3.81. The van der Waals surface area contributed by atoms with Crippen LogP contribution in [0.4, 0.5) is 0 Å². The predicted molar refractivity (Wildman–Crippen MR) is 81.4 cm³/mol. The van der Waals surface area contributed by atoms with Crippen molar-refractivity contribution in [3.63, 3.8) is 0 Å². The fraction of sp³-hybridized carbons (Fsp3) is 0.600. The third-order valence-corrected chi connectivity index (χ3v) is 5.39. The summed E-state index contributed by atoms with van der Waals surface area (Å²) in [5.41, 5.74) is 1.92. The fourth-order valence-corrected chi connectivity index (χ4v) is 2.97. The van der Waals surface area contributed by atoms with Crippen LogP contribution in [-0.4, -0.2) is 22.7 Å². The third kappa shape index (κ3) is 3.66. The number of benzene rings is 1. The predicted octanol–water partition coefficient (Wildman–Crippen LogP) is 3.71. The van der Waals surface area contributed by atoms with E-state index >= 15 is 0 Å². The van der Waals surface area contributed by atoms with Crippen LogP contribution in [0.15, 0.2) is 18.2 Å². The first kappa shape index (κ1) is 15.4. The summed E-state index contributed by atoms with van der Waals surface area (Å²) in [6, 6.07) is 5.91. The second kappa shape index (κ2) is 7.05. The van der Waals surface area contributed by atoms with E-state index in [4.69, 9.17) is 0 Å². The Morgan fingerprint density at radius 1 is 1.28 bits per heavy atom.